The Labute approximate surface area is 183 Å². The highest BCUT2D eigenvalue weighted by atomic mass is 32.2. The van der Waals surface area contributed by atoms with E-state index in [1.54, 1.807) is 16.7 Å². The highest BCUT2D eigenvalue weighted by Crippen LogP contribution is 2.27. The highest BCUT2D eigenvalue weighted by Gasteiger charge is 2.22. The molecule has 1 atom stereocenters. The van der Waals surface area contributed by atoms with Crippen LogP contribution in [0.15, 0.2) is 65.1 Å². The van der Waals surface area contributed by atoms with E-state index in [9.17, 15) is 9.59 Å². The number of amides is 1. The van der Waals surface area contributed by atoms with Gasteiger partial charge < -0.3 is 5.32 Å². The van der Waals surface area contributed by atoms with Gasteiger partial charge in [-0.2, -0.15) is 0 Å². The first-order valence-corrected chi connectivity index (χ1v) is 10.8. The van der Waals surface area contributed by atoms with Crippen LogP contribution in [0.1, 0.15) is 18.1 Å². The molecule has 7 nitrogen and oxygen atoms in total. The van der Waals surface area contributed by atoms with Gasteiger partial charge in [0.05, 0.1) is 21.8 Å². The lowest BCUT2D eigenvalue weighted by Gasteiger charge is -2.14. The number of carbonyl (C=O) groups is 1. The Morgan fingerprint density at radius 2 is 2.00 bits per heavy atom. The molecule has 8 heteroatoms. The molecule has 2 aromatic heterocycles. The largest absolute Gasteiger partial charge is 0.352 e. The molecule has 2 aromatic carbocycles. The van der Waals surface area contributed by atoms with Gasteiger partial charge in [-0.15, -0.1) is 16.8 Å². The second kappa shape index (κ2) is 8.39. The lowest BCUT2D eigenvalue weighted by Crippen LogP contribution is -2.31. The first-order valence-electron chi connectivity index (χ1n) is 9.94. The van der Waals surface area contributed by atoms with Crippen molar-refractivity contribution in [1.82, 2.24) is 24.5 Å². The number of hydrogen-bond acceptors (Lipinski definition) is 5. The van der Waals surface area contributed by atoms with E-state index in [1.165, 1.54) is 11.8 Å². The average Bonchev–Trinajstić information content (AvgIpc) is 3.17. The number of rotatable bonds is 6. The maximum Gasteiger partial charge on any atom is 0.267 e. The van der Waals surface area contributed by atoms with Crippen molar-refractivity contribution in [3.8, 4) is 5.69 Å². The summed E-state index contributed by atoms with van der Waals surface area (Å²) in [4.78, 5) is 25.8. The molecule has 31 heavy (non-hydrogen) atoms. The number of nitrogens with zero attached hydrogens (tertiary/aromatic N) is 4. The molecule has 2 heterocycles. The van der Waals surface area contributed by atoms with E-state index in [4.69, 9.17) is 0 Å². The third-order valence-electron chi connectivity index (χ3n) is 5.07. The molecule has 0 spiro atoms. The molecule has 0 radical (unpaired) electrons. The number of aromatic nitrogens is 4. The summed E-state index contributed by atoms with van der Waals surface area (Å²) in [5, 5.41) is 12.2. The molecule has 4 aromatic rings. The first-order chi connectivity index (χ1) is 14.9. The summed E-state index contributed by atoms with van der Waals surface area (Å²) < 4.78 is 3.45. The molecule has 158 valence electrons. The molecule has 0 fully saturated rings. The molecule has 1 N–H and O–H groups in total. The molecule has 1 amide bonds. The second-order valence-electron chi connectivity index (χ2n) is 7.36. The molecule has 0 bridgehead atoms. The second-order valence-corrected chi connectivity index (χ2v) is 8.67. The SMILES string of the molecule is C=CCNC(=O)C(C)Sc1nnc2n(-c3cc(C)ccc3C)c(=O)c3ccccc3n12. The van der Waals surface area contributed by atoms with Gasteiger partial charge in [-0.25, -0.2) is 4.57 Å². The van der Waals surface area contributed by atoms with Gasteiger partial charge in [-0.3, -0.25) is 14.0 Å². The number of benzene rings is 2. The van der Waals surface area contributed by atoms with Crippen LogP contribution in [0.2, 0.25) is 0 Å². The Morgan fingerprint density at radius 3 is 2.77 bits per heavy atom. The molecule has 0 saturated heterocycles. The zero-order valence-electron chi connectivity index (χ0n) is 17.6. The Kier molecular flexibility index (Phi) is 5.65. The molecule has 0 saturated carbocycles. The van der Waals surface area contributed by atoms with Crippen molar-refractivity contribution in [1.29, 1.82) is 0 Å². The number of fused-ring (bicyclic) bond motifs is 3. The lowest BCUT2D eigenvalue weighted by molar-refractivity contribution is -0.120. The third kappa shape index (κ3) is 3.74. The smallest absolute Gasteiger partial charge is 0.267 e. The summed E-state index contributed by atoms with van der Waals surface area (Å²) in [5.41, 5.74) is 3.31. The monoisotopic (exact) mass is 433 g/mol. The number of aryl methyl sites for hydroxylation is 2. The fourth-order valence-corrected chi connectivity index (χ4v) is 4.34. The normalized spacial score (nSPS) is 12.2. The predicted molar refractivity (Wildman–Crippen MR) is 124 cm³/mol. The number of para-hydroxylation sites is 1. The third-order valence-corrected chi connectivity index (χ3v) is 6.11. The Bertz CT molecular complexity index is 1370. The zero-order valence-corrected chi connectivity index (χ0v) is 18.4. The van der Waals surface area contributed by atoms with Gasteiger partial charge in [-0.05, 0) is 50.1 Å². The van der Waals surface area contributed by atoms with Crippen LogP contribution in [0.3, 0.4) is 0 Å². The van der Waals surface area contributed by atoms with Crippen LogP contribution in [0, 0.1) is 13.8 Å². The fourth-order valence-electron chi connectivity index (χ4n) is 3.46. The van der Waals surface area contributed by atoms with Crippen LogP contribution < -0.4 is 10.9 Å². The predicted octanol–water partition coefficient (Wildman–Crippen LogP) is 3.43. The number of thioether (sulfide) groups is 1. The molecule has 1 unspecified atom stereocenters. The van der Waals surface area contributed by atoms with Crippen molar-refractivity contribution in [3.05, 3.63) is 76.6 Å². The summed E-state index contributed by atoms with van der Waals surface area (Å²) in [7, 11) is 0. The van der Waals surface area contributed by atoms with E-state index < -0.39 is 5.25 Å². The highest BCUT2D eigenvalue weighted by molar-refractivity contribution is 8.00. The Balaban J connectivity index is 1.95. The van der Waals surface area contributed by atoms with Crippen LogP contribution in [-0.2, 0) is 4.79 Å². The standard InChI is InChI=1S/C23H23N5O2S/c1-5-12-24-20(29)16(4)31-23-26-25-22-27(19-13-14(2)10-11-15(19)3)21(30)17-8-6-7-9-18(17)28(22)23/h5-11,13,16H,1,12H2,2-4H3,(H,24,29). The fraction of sp³-hybridized carbons (Fsp3) is 0.217. The van der Waals surface area contributed by atoms with Crippen molar-refractivity contribution in [2.75, 3.05) is 6.54 Å². The summed E-state index contributed by atoms with van der Waals surface area (Å²) in [5.74, 6) is 0.299. The van der Waals surface area contributed by atoms with E-state index >= 15 is 0 Å². The van der Waals surface area contributed by atoms with Crippen molar-refractivity contribution < 1.29 is 4.79 Å². The molecule has 0 aliphatic carbocycles. The van der Waals surface area contributed by atoms with Crippen LogP contribution >= 0.6 is 11.8 Å². The number of carbonyl (C=O) groups excluding carboxylic acids is 1. The van der Waals surface area contributed by atoms with Crippen molar-refractivity contribution in [2.45, 2.75) is 31.2 Å². The summed E-state index contributed by atoms with van der Waals surface area (Å²) in [6, 6.07) is 13.3. The molecule has 0 aliphatic heterocycles. The summed E-state index contributed by atoms with van der Waals surface area (Å²) in [6.07, 6.45) is 1.64. The zero-order chi connectivity index (χ0) is 22.1. The van der Waals surface area contributed by atoms with Gasteiger partial charge in [0.15, 0.2) is 5.16 Å². The molecular weight excluding hydrogens is 410 g/mol. The minimum Gasteiger partial charge on any atom is -0.352 e. The van der Waals surface area contributed by atoms with Crippen molar-refractivity contribution in [3.63, 3.8) is 0 Å². The molecular formula is C23H23N5O2S. The quantitative estimate of drug-likeness (QED) is 0.372. The summed E-state index contributed by atoms with van der Waals surface area (Å²) in [6.45, 7) is 9.79. The maximum atomic E-state index is 13.5. The van der Waals surface area contributed by atoms with E-state index in [1.807, 2.05) is 61.6 Å². The van der Waals surface area contributed by atoms with Crippen LogP contribution in [0.4, 0.5) is 0 Å². The van der Waals surface area contributed by atoms with Gasteiger partial charge in [0.2, 0.25) is 11.7 Å². The van der Waals surface area contributed by atoms with E-state index in [0.717, 1.165) is 16.8 Å². The molecule has 4 rings (SSSR count). The first kappa shape index (κ1) is 20.9. The minimum absolute atomic E-state index is 0.117. The van der Waals surface area contributed by atoms with Crippen LogP contribution in [0.5, 0.6) is 0 Å². The van der Waals surface area contributed by atoms with Crippen molar-refractivity contribution in [2.24, 2.45) is 0 Å². The van der Waals surface area contributed by atoms with Gasteiger partial charge in [0, 0.05) is 6.54 Å². The number of hydrogen-bond donors (Lipinski definition) is 1. The molecule has 0 aliphatic rings. The average molecular weight is 434 g/mol. The van der Waals surface area contributed by atoms with E-state index in [0.29, 0.717) is 28.4 Å². The minimum atomic E-state index is -0.396. The van der Waals surface area contributed by atoms with Crippen LogP contribution in [0.25, 0.3) is 22.4 Å². The topological polar surface area (TPSA) is 81.3 Å². The van der Waals surface area contributed by atoms with E-state index in [2.05, 4.69) is 22.1 Å². The van der Waals surface area contributed by atoms with Gasteiger partial charge >= 0.3 is 0 Å². The lowest BCUT2D eigenvalue weighted by atomic mass is 10.1. The van der Waals surface area contributed by atoms with Crippen molar-refractivity contribution >= 4 is 34.3 Å². The Morgan fingerprint density at radius 1 is 1.23 bits per heavy atom. The maximum absolute atomic E-state index is 13.5. The van der Waals surface area contributed by atoms with Crippen LogP contribution in [-0.4, -0.2) is 36.9 Å². The summed E-state index contributed by atoms with van der Waals surface area (Å²) >= 11 is 1.30. The van der Waals surface area contributed by atoms with Gasteiger partial charge in [-0.1, -0.05) is 42.1 Å². The number of nitrogens with one attached hydrogen (secondary N) is 1. The Hall–Kier alpha value is -3.39. The van der Waals surface area contributed by atoms with E-state index in [-0.39, 0.29) is 11.5 Å². The van der Waals surface area contributed by atoms with Gasteiger partial charge in [0.1, 0.15) is 0 Å². The van der Waals surface area contributed by atoms with Gasteiger partial charge in [0.25, 0.3) is 5.56 Å².